The molecule has 15 heavy (non-hydrogen) atoms. The van der Waals surface area contributed by atoms with E-state index in [1.165, 1.54) is 0 Å². The van der Waals surface area contributed by atoms with Gasteiger partial charge in [-0.1, -0.05) is 6.92 Å². The number of carboxylic acids is 1. The zero-order valence-corrected chi connectivity index (χ0v) is 9.16. The van der Waals surface area contributed by atoms with Crippen molar-refractivity contribution < 1.29 is 14.7 Å². The predicted molar refractivity (Wildman–Crippen MR) is 56.4 cm³/mol. The minimum absolute atomic E-state index is 0.0744. The molecule has 4 nitrogen and oxygen atoms in total. The van der Waals surface area contributed by atoms with Crippen LogP contribution in [-0.2, 0) is 9.59 Å². The number of aliphatic carboxylic acids is 1. The number of carbonyl (C=O) groups excluding carboxylic acids is 1. The summed E-state index contributed by atoms with van der Waals surface area (Å²) in [5.41, 5.74) is 0. The lowest BCUT2D eigenvalue weighted by molar-refractivity contribution is -0.139. The van der Waals surface area contributed by atoms with Crippen molar-refractivity contribution in [3.63, 3.8) is 0 Å². The van der Waals surface area contributed by atoms with E-state index in [-0.39, 0.29) is 24.8 Å². The summed E-state index contributed by atoms with van der Waals surface area (Å²) >= 11 is 0. The summed E-state index contributed by atoms with van der Waals surface area (Å²) in [6.07, 6.45) is 4.39. The standard InChI is InChI=1S/C11H19NO3/c1-8-2-4-9(5-3-8)12-10(13)6-7-11(14)15/h8-9H,2-7H2,1H3,(H,12,13)(H,14,15)/t8-,9-. The molecule has 0 unspecified atom stereocenters. The minimum atomic E-state index is -0.914. The largest absolute Gasteiger partial charge is 0.481 e. The van der Waals surface area contributed by atoms with E-state index < -0.39 is 5.97 Å². The third-order valence-corrected chi connectivity index (χ3v) is 2.95. The first-order chi connectivity index (χ1) is 7.08. The van der Waals surface area contributed by atoms with Crippen LogP contribution in [0.25, 0.3) is 0 Å². The van der Waals surface area contributed by atoms with Crippen LogP contribution in [0.15, 0.2) is 0 Å². The van der Waals surface area contributed by atoms with Gasteiger partial charge in [0.05, 0.1) is 6.42 Å². The number of carbonyl (C=O) groups is 2. The van der Waals surface area contributed by atoms with Gasteiger partial charge in [-0.15, -0.1) is 0 Å². The first kappa shape index (κ1) is 12.0. The minimum Gasteiger partial charge on any atom is -0.481 e. The Morgan fingerprint density at radius 2 is 1.80 bits per heavy atom. The van der Waals surface area contributed by atoms with Gasteiger partial charge < -0.3 is 10.4 Å². The topological polar surface area (TPSA) is 66.4 Å². The molecule has 0 aromatic heterocycles. The van der Waals surface area contributed by atoms with E-state index in [1.54, 1.807) is 0 Å². The van der Waals surface area contributed by atoms with E-state index in [4.69, 9.17) is 5.11 Å². The van der Waals surface area contributed by atoms with Crippen LogP contribution in [0.5, 0.6) is 0 Å². The van der Waals surface area contributed by atoms with Crippen molar-refractivity contribution in [3.05, 3.63) is 0 Å². The Balaban J connectivity index is 2.17. The molecule has 0 spiro atoms. The normalized spacial score (nSPS) is 25.9. The molecule has 0 saturated heterocycles. The molecule has 1 aliphatic carbocycles. The zero-order chi connectivity index (χ0) is 11.3. The average Bonchev–Trinajstić information content (AvgIpc) is 2.19. The van der Waals surface area contributed by atoms with Crippen LogP contribution >= 0.6 is 0 Å². The van der Waals surface area contributed by atoms with Crippen molar-refractivity contribution >= 4 is 11.9 Å². The van der Waals surface area contributed by atoms with Gasteiger partial charge in [0.15, 0.2) is 0 Å². The molecule has 0 radical (unpaired) electrons. The average molecular weight is 213 g/mol. The van der Waals surface area contributed by atoms with Gasteiger partial charge in [0.25, 0.3) is 0 Å². The Hall–Kier alpha value is -1.06. The Kier molecular flexibility index (Phi) is 4.59. The molecular formula is C11H19NO3. The van der Waals surface area contributed by atoms with E-state index in [9.17, 15) is 9.59 Å². The maximum absolute atomic E-state index is 11.3. The highest BCUT2D eigenvalue weighted by Crippen LogP contribution is 2.23. The summed E-state index contributed by atoms with van der Waals surface area (Å²) in [4.78, 5) is 21.6. The summed E-state index contributed by atoms with van der Waals surface area (Å²) in [5, 5.41) is 11.3. The van der Waals surface area contributed by atoms with Gasteiger partial charge in [-0.05, 0) is 31.6 Å². The Morgan fingerprint density at radius 1 is 1.20 bits per heavy atom. The number of hydrogen-bond donors (Lipinski definition) is 2. The van der Waals surface area contributed by atoms with Crippen molar-refractivity contribution in [2.24, 2.45) is 5.92 Å². The molecule has 0 aromatic carbocycles. The predicted octanol–water partition coefficient (Wildman–Crippen LogP) is 1.55. The molecule has 0 aliphatic heterocycles. The van der Waals surface area contributed by atoms with Crippen LogP contribution in [0.4, 0.5) is 0 Å². The molecule has 0 atom stereocenters. The van der Waals surface area contributed by atoms with Crippen LogP contribution in [0, 0.1) is 5.92 Å². The van der Waals surface area contributed by atoms with Crippen LogP contribution in [0.2, 0.25) is 0 Å². The molecule has 0 heterocycles. The van der Waals surface area contributed by atoms with Gasteiger partial charge in [-0.25, -0.2) is 0 Å². The summed E-state index contributed by atoms with van der Waals surface area (Å²) in [6.45, 7) is 2.22. The Labute approximate surface area is 90.0 Å². The first-order valence-electron chi connectivity index (χ1n) is 5.59. The molecule has 1 amide bonds. The number of nitrogens with one attached hydrogen (secondary N) is 1. The van der Waals surface area contributed by atoms with E-state index in [1.807, 2.05) is 0 Å². The number of amides is 1. The molecule has 0 aromatic rings. The van der Waals surface area contributed by atoms with Gasteiger partial charge in [0.1, 0.15) is 0 Å². The maximum Gasteiger partial charge on any atom is 0.303 e. The van der Waals surface area contributed by atoms with Crippen LogP contribution in [-0.4, -0.2) is 23.0 Å². The number of carboxylic acid groups (broad SMARTS) is 1. The van der Waals surface area contributed by atoms with E-state index in [0.717, 1.165) is 31.6 Å². The van der Waals surface area contributed by atoms with E-state index in [0.29, 0.717) is 0 Å². The molecule has 1 aliphatic rings. The highest BCUT2D eigenvalue weighted by molar-refractivity contribution is 5.80. The fourth-order valence-electron chi connectivity index (χ4n) is 1.92. The van der Waals surface area contributed by atoms with Crippen molar-refractivity contribution in [1.29, 1.82) is 0 Å². The Bertz CT molecular complexity index is 232. The van der Waals surface area contributed by atoms with E-state index >= 15 is 0 Å². The summed E-state index contributed by atoms with van der Waals surface area (Å²) < 4.78 is 0. The van der Waals surface area contributed by atoms with Crippen molar-refractivity contribution in [3.8, 4) is 0 Å². The number of rotatable bonds is 4. The lowest BCUT2D eigenvalue weighted by atomic mass is 9.87. The molecule has 4 heteroatoms. The van der Waals surface area contributed by atoms with Gasteiger partial charge in [-0.3, -0.25) is 9.59 Å². The lowest BCUT2D eigenvalue weighted by Gasteiger charge is -2.26. The number of hydrogen-bond acceptors (Lipinski definition) is 2. The Morgan fingerprint density at radius 3 is 2.33 bits per heavy atom. The zero-order valence-electron chi connectivity index (χ0n) is 9.16. The molecule has 1 saturated carbocycles. The summed E-state index contributed by atoms with van der Waals surface area (Å²) in [6, 6.07) is 0.266. The summed E-state index contributed by atoms with van der Waals surface area (Å²) in [5.74, 6) is -0.281. The summed E-state index contributed by atoms with van der Waals surface area (Å²) in [7, 11) is 0. The molecule has 1 rings (SSSR count). The first-order valence-corrected chi connectivity index (χ1v) is 5.59. The molecule has 2 N–H and O–H groups in total. The van der Waals surface area contributed by atoms with Crippen molar-refractivity contribution in [1.82, 2.24) is 5.32 Å². The van der Waals surface area contributed by atoms with Crippen molar-refractivity contribution in [2.45, 2.75) is 51.5 Å². The van der Waals surface area contributed by atoms with Gasteiger partial charge >= 0.3 is 5.97 Å². The van der Waals surface area contributed by atoms with Gasteiger partial charge in [-0.2, -0.15) is 0 Å². The quantitative estimate of drug-likeness (QED) is 0.744. The van der Waals surface area contributed by atoms with E-state index in [2.05, 4.69) is 12.2 Å². The van der Waals surface area contributed by atoms with Crippen molar-refractivity contribution in [2.75, 3.05) is 0 Å². The van der Waals surface area contributed by atoms with Crippen LogP contribution < -0.4 is 5.32 Å². The maximum atomic E-state index is 11.3. The molecule has 0 bridgehead atoms. The second kappa shape index (κ2) is 5.73. The smallest absolute Gasteiger partial charge is 0.303 e. The second-order valence-electron chi connectivity index (χ2n) is 4.42. The van der Waals surface area contributed by atoms with Gasteiger partial charge in [0, 0.05) is 12.5 Å². The molecule has 86 valence electrons. The van der Waals surface area contributed by atoms with Crippen LogP contribution in [0.1, 0.15) is 45.4 Å². The highest BCUT2D eigenvalue weighted by Gasteiger charge is 2.19. The highest BCUT2D eigenvalue weighted by atomic mass is 16.4. The third kappa shape index (κ3) is 4.81. The fourth-order valence-corrected chi connectivity index (χ4v) is 1.92. The lowest BCUT2D eigenvalue weighted by Crippen LogP contribution is -2.37. The molecule has 1 fully saturated rings. The van der Waals surface area contributed by atoms with Crippen LogP contribution in [0.3, 0.4) is 0 Å². The monoisotopic (exact) mass is 213 g/mol. The fraction of sp³-hybridized carbons (Fsp3) is 0.818. The SMILES string of the molecule is C[C@H]1CC[C@H](NC(=O)CCC(=O)O)CC1. The second-order valence-corrected chi connectivity index (χ2v) is 4.42. The van der Waals surface area contributed by atoms with Gasteiger partial charge in [0.2, 0.25) is 5.91 Å². The molecular weight excluding hydrogens is 194 g/mol. The third-order valence-electron chi connectivity index (χ3n) is 2.95.